The third-order valence-electron chi connectivity index (χ3n) is 4.06. The van der Waals surface area contributed by atoms with Crippen LogP contribution in [0.2, 0.25) is 0 Å². The van der Waals surface area contributed by atoms with Crippen LogP contribution in [0.25, 0.3) is 0 Å². The first kappa shape index (κ1) is 17.3. The van der Waals surface area contributed by atoms with E-state index < -0.39 is 5.97 Å². The molecule has 0 aliphatic carbocycles. The zero-order chi connectivity index (χ0) is 16.8. The van der Waals surface area contributed by atoms with Gasteiger partial charge in [-0.3, -0.25) is 9.59 Å². The lowest BCUT2D eigenvalue weighted by Crippen LogP contribution is -2.40. The number of carboxylic acid groups (broad SMARTS) is 1. The van der Waals surface area contributed by atoms with Crippen molar-refractivity contribution < 1.29 is 19.4 Å². The van der Waals surface area contributed by atoms with Crippen molar-refractivity contribution in [2.75, 3.05) is 19.7 Å². The molecule has 1 N–H and O–H groups in total. The molecular weight excluding hydrogens is 294 g/mol. The van der Waals surface area contributed by atoms with E-state index in [0.717, 1.165) is 11.3 Å². The second kappa shape index (κ2) is 7.99. The largest absolute Gasteiger partial charge is 0.493 e. The van der Waals surface area contributed by atoms with Gasteiger partial charge < -0.3 is 14.7 Å². The topological polar surface area (TPSA) is 66.8 Å². The van der Waals surface area contributed by atoms with Crippen LogP contribution in [0.4, 0.5) is 0 Å². The molecule has 5 heteroatoms. The summed E-state index contributed by atoms with van der Waals surface area (Å²) in [5.74, 6) is 0.289. The van der Waals surface area contributed by atoms with E-state index in [1.54, 1.807) is 4.90 Å². The number of ether oxygens (including phenoxy) is 1. The van der Waals surface area contributed by atoms with Crippen molar-refractivity contribution in [3.05, 3.63) is 29.8 Å². The minimum Gasteiger partial charge on any atom is -0.493 e. The number of carboxylic acids is 1. The summed E-state index contributed by atoms with van der Waals surface area (Å²) in [6.07, 6.45) is 1.44. The van der Waals surface area contributed by atoms with E-state index in [-0.39, 0.29) is 11.8 Å². The quantitative estimate of drug-likeness (QED) is 0.875. The van der Waals surface area contributed by atoms with E-state index in [4.69, 9.17) is 9.84 Å². The molecule has 0 spiro atoms. The molecule has 0 unspecified atom stereocenters. The van der Waals surface area contributed by atoms with Gasteiger partial charge in [0.05, 0.1) is 18.9 Å². The van der Waals surface area contributed by atoms with Crippen molar-refractivity contribution >= 4 is 11.9 Å². The zero-order valence-corrected chi connectivity index (χ0v) is 13.8. The average molecular weight is 319 g/mol. The highest BCUT2D eigenvalue weighted by molar-refractivity contribution is 5.79. The number of likely N-dealkylation sites (tertiary alicyclic amines) is 1. The van der Waals surface area contributed by atoms with Crippen LogP contribution in [0, 0.1) is 11.8 Å². The molecule has 1 aliphatic rings. The van der Waals surface area contributed by atoms with Crippen molar-refractivity contribution in [3.8, 4) is 5.75 Å². The Morgan fingerprint density at radius 2 is 1.83 bits per heavy atom. The molecule has 0 saturated carbocycles. The Morgan fingerprint density at radius 3 is 2.35 bits per heavy atom. The van der Waals surface area contributed by atoms with Gasteiger partial charge in [-0.2, -0.15) is 0 Å². The molecule has 2 rings (SSSR count). The lowest BCUT2D eigenvalue weighted by atomic mass is 9.96. The van der Waals surface area contributed by atoms with Crippen LogP contribution < -0.4 is 4.74 Å². The van der Waals surface area contributed by atoms with E-state index in [1.165, 1.54) is 0 Å². The van der Waals surface area contributed by atoms with Gasteiger partial charge in [-0.05, 0) is 36.5 Å². The number of amides is 1. The summed E-state index contributed by atoms with van der Waals surface area (Å²) < 4.78 is 5.63. The van der Waals surface area contributed by atoms with E-state index in [0.29, 0.717) is 44.9 Å². The number of benzene rings is 1. The minimum absolute atomic E-state index is 0.0599. The molecule has 1 heterocycles. The fraction of sp³-hybridized carbons (Fsp3) is 0.556. The molecule has 5 nitrogen and oxygen atoms in total. The van der Waals surface area contributed by atoms with E-state index >= 15 is 0 Å². The number of hydrogen-bond donors (Lipinski definition) is 1. The van der Waals surface area contributed by atoms with Gasteiger partial charge in [0.25, 0.3) is 0 Å². The maximum atomic E-state index is 12.3. The summed E-state index contributed by atoms with van der Waals surface area (Å²) in [4.78, 5) is 25.0. The Balaban J connectivity index is 1.82. The molecule has 126 valence electrons. The monoisotopic (exact) mass is 319 g/mol. The van der Waals surface area contributed by atoms with Gasteiger partial charge in [0.2, 0.25) is 5.91 Å². The number of carbonyl (C=O) groups is 2. The van der Waals surface area contributed by atoms with Crippen LogP contribution in [0.3, 0.4) is 0 Å². The van der Waals surface area contributed by atoms with Gasteiger partial charge >= 0.3 is 5.97 Å². The second-order valence-corrected chi connectivity index (χ2v) is 6.52. The normalized spacial score (nSPS) is 15.7. The van der Waals surface area contributed by atoms with E-state index in [2.05, 4.69) is 13.8 Å². The highest BCUT2D eigenvalue weighted by Gasteiger charge is 2.26. The molecule has 0 atom stereocenters. The summed E-state index contributed by atoms with van der Waals surface area (Å²) in [5, 5.41) is 8.99. The number of piperidine rings is 1. The van der Waals surface area contributed by atoms with Gasteiger partial charge in [0.15, 0.2) is 0 Å². The second-order valence-electron chi connectivity index (χ2n) is 6.52. The minimum atomic E-state index is -0.755. The summed E-state index contributed by atoms with van der Waals surface area (Å²) in [6.45, 7) is 5.94. The number of carbonyl (C=O) groups excluding carboxylic acids is 1. The van der Waals surface area contributed by atoms with Crippen molar-refractivity contribution in [2.45, 2.75) is 33.1 Å². The SMILES string of the molecule is CC(C)COc1ccc(CC(=O)N2CCC(C(=O)O)CC2)cc1. The van der Waals surface area contributed by atoms with Crippen LogP contribution in [-0.4, -0.2) is 41.6 Å². The lowest BCUT2D eigenvalue weighted by molar-refractivity contribution is -0.145. The zero-order valence-electron chi connectivity index (χ0n) is 13.8. The fourth-order valence-corrected chi connectivity index (χ4v) is 2.63. The van der Waals surface area contributed by atoms with E-state index in [9.17, 15) is 9.59 Å². The first-order valence-electron chi connectivity index (χ1n) is 8.18. The number of nitrogens with zero attached hydrogens (tertiary/aromatic N) is 1. The van der Waals surface area contributed by atoms with Gasteiger partial charge in [0.1, 0.15) is 5.75 Å². The van der Waals surface area contributed by atoms with Crippen molar-refractivity contribution in [3.63, 3.8) is 0 Å². The fourth-order valence-electron chi connectivity index (χ4n) is 2.63. The molecule has 1 aromatic rings. The summed E-state index contributed by atoms with van der Waals surface area (Å²) in [5.41, 5.74) is 0.951. The van der Waals surface area contributed by atoms with Crippen LogP contribution in [-0.2, 0) is 16.0 Å². The highest BCUT2D eigenvalue weighted by Crippen LogP contribution is 2.19. The summed E-state index contributed by atoms with van der Waals surface area (Å²) >= 11 is 0. The molecule has 0 bridgehead atoms. The number of rotatable bonds is 6. The van der Waals surface area contributed by atoms with Gasteiger partial charge in [-0.15, -0.1) is 0 Å². The maximum Gasteiger partial charge on any atom is 0.306 e. The van der Waals surface area contributed by atoms with Crippen molar-refractivity contribution in [1.29, 1.82) is 0 Å². The standard InChI is InChI=1S/C18H25NO4/c1-13(2)12-23-16-5-3-14(4-6-16)11-17(20)19-9-7-15(8-10-19)18(21)22/h3-6,13,15H,7-12H2,1-2H3,(H,21,22). The maximum absolute atomic E-state index is 12.3. The van der Waals surface area contributed by atoms with E-state index in [1.807, 2.05) is 24.3 Å². The predicted molar refractivity (Wildman–Crippen MR) is 87.4 cm³/mol. The van der Waals surface area contributed by atoms with Crippen LogP contribution in [0.15, 0.2) is 24.3 Å². The van der Waals surface area contributed by atoms with Gasteiger partial charge in [-0.1, -0.05) is 26.0 Å². The Hall–Kier alpha value is -2.04. The Bertz CT molecular complexity index is 530. The first-order chi connectivity index (χ1) is 11.0. The Morgan fingerprint density at radius 1 is 1.22 bits per heavy atom. The number of aliphatic carboxylic acids is 1. The predicted octanol–water partition coefficient (Wildman–Crippen LogP) is 2.59. The van der Waals surface area contributed by atoms with Crippen LogP contribution in [0.1, 0.15) is 32.3 Å². The smallest absolute Gasteiger partial charge is 0.306 e. The Labute approximate surface area is 137 Å². The number of hydrogen-bond acceptors (Lipinski definition) is 3. The molecular formula is C18H25NO4. The lowest BCUT2D eigenvalue weighted by Gasteiger charge is -2.30. The van der Waals surface area contributed by atoms with Crippen molar-refractivity contribution in [1.82, 2.24) is 4.90 Å². The molecule has 1 saturated heterocycles. The highest BCUT2D eigenvalue weighted by atomic mass is 16.5. The van der Waals surface area contributed by atoms with Crippen molar-refractivity contribution in [2.24, 2.45) is 11.8 Å². The third kappa shape index (κ3) is 5.27. The average Bonchev–Trinajstić information content (AvgIpc) is 2.54. The van der Waals surface area contributed by atoms with Gasteiger partial charge in [0, 0.05) is 13.1 Å². The molecule has 1 fully saturated rings. The molecule has 23 heavy (non-hydrogen) atoms. The molecule has 0 aromatic heterocycles. The molecule has 1 amide bonds. The van der Waals surface area contributed by atoms with Crippen LogP contribution in [0.5, 0.6) is 5.75 Å². The molecule has 1 aliphatic heterocycles. The first-order valence-corrected chi connectivity index (χ1v) is 8.18. The van der Waals surface area contributed by atoms with Crippen LogP contribution >= 0.6 is 0 Å². The Kier molecular flexibility index (Phi) is 6.02. The molecule has 0 radical (unpaired) electrons. The summed E-state index contributed by atoms with van der Waals surface area (Å²) in [7, 11) is 0. The third-order valence-corrected chi connectivity index (χ3v) is 4.06. The molecule has 1 aromatic carbocycles. The van der Waals surface area contributed by atoms with Gasteiger partial charge in [-0.25, -0.2) is 0 Å². The summed E-state index contributed by atoms with van der Waals surface area (Å²) in [6, 6.07) is 7.61.